The normalized spacial score (nSPS) is 14.0. The molecule has 10 heteroatoms. The summed E-state index contributed by atoms with van der Waals surface area (Å²) in [6, 6.07) is 9.12. The number of phenols is 1. The second kappa shape index (κ2) is 9.02. The molecule has 0 bridgehead atoms. The number of nitro groups is 1. The first kappa shape index (κ1) is 20.1. The third-order valence-corrected chi connectivity index (χ3v) is 4.41. The molecule has 1 heterocycles. The van der Waals surface area contributed by atoms with Crippen molar-refractivity contribution in [3.63, 3.8) is 0 Å². The lowest BCUT2D eigenvalue weighted by Crippen LogP contribution is -2.36. The van der Waals surface area contributed by atoms with E-state index >= 15 is 0 Å². The van der Waals surface area contributed by atoms with Crippen molar-refractivity contribution in [2.75, 3.05) is 38.3 Å². The molecular formula is C19H20N4O6. The van der Waals surface area contributed by atoms with Crippen LogP contribution in [0.5, 0.6) is 11.5 Å². The van der Waals surface area contributed by atoms with E-state index in [1.165, 1.54) is 25.5 Å². The van der Waals surface area contributed by atoms with Crippen molar-refractivity contribution in [3.05, 3.63) is 57.6 Å². The van der Waals surface area contributed by atoms with E-state index in [1.807, 2.05) is 4.90 Å². The zero-order chi connectivity index (χ0) is 20.8. The highest BCUT2D eigenvalue weighted by molar-refractivity contribution is 5.96. The Kier molecular flexibility index (Phi) is 6.25. The number of anilines is 1. The highest BCUT2D eigenvalue weighted by Crippen LogP contribution is 2.30. The molecular weight excluding hydrogens is 380 g/mol. The number of methoxy groups -OCH3 is 1. The van der Waals surface area contributed by atoms with Gasteiger partial charge in [0.2, 0.25) is 0 Å². The van der Waals surface area contributed by atoms with Crippen molar-refractivity contribution >= 4 is 23.5 Å². The molecule has 0 saturated carbocycles. The Labute approximate surface area is 166 Å². The highest BCUT2D eigenvalue weighted by atomic mass is 16.6. The molecule has 0 radical (unpaired) electrons. The summed E-state index contributed by atoms with van der Waals surface area (Å²) in [5.74, 6) is -0.451. The van der Waals surface area contributed by atoms with Crippen LogP contribution in [0, 0.1) is 10.1 Å². The van der Waals surface area contributed by atoms with E-state index in [-0.39, 0.29) is 22.7 Å². The van der Waals surface area contributed by atoms with E-state index in [0.717, 1.165) is 0 Å². The molecule has 2 N–H and O–H groups in total. The second-order valence-electron chi connectivity index (χ2n) is 6.16. The van der Waals surface area contributed by atoms with Gasteiger partial charge in [-0.15, -0.1) is 0 Å². The van der Waals surface area contributed by atoms with Crippen LogP contribution in [0.1, 0.15) is 15.9 Å². The van der Waals surface area contributed by atoms with Crippen molar-refractivity contribution in [3.8, 4) is 11.5 Å². The zero-order valence-corrected chi connectivity index (χ0v) is 15.7. The van der Waals surface area contributed by atoms with Crippen molar-refractivity contribution in [1.82, 2.24) is 5.43 Å². The number of aromatic hydroxyl groups is 1. The lowest BCUT2D eigenvalue weighted by Gasteiger charge is -2.28. The SMILES string of the molecule is COc1cccc(/C=N\NC(=O)c2ccc(N3CCOCC3)c([N+](=O)[O-])c2)c1O. The number of hydrogen-bond acceptors (Lipinski definition) is 8. The number of hydrogen-bond donors (Lipinski definition) is 2. The number of nitrogens with zero attached hydrogens (tertiary/aromatic N) is 3. The predicted octanol–water partition coefficient (Wildman–Crippen LogP) is 1.91. The topological polar surface area (TPSA) is 127 Å². The zero-order valence-electron chi connectivity index (χ0n) is 15.7. The third kappa shape index (κ3) is 4.61. The molecule has 0 aromatic heterocycles. The lowest BCUT2D eigenvalue weighted by atomic mass is 10.1. The molecule has 0 spiro atoms. The Morgan fingerprint density at radius 2 is 2.10 bits per heavy atom. The average molecular weight is 400 g/mol. The summed E-state index contributed by atoms with van der Waals surface area (Å²) in [5.41, 5.74) is 3.03. The number of morpholine rings is 1. The minimum absolute atomic E-state index is 0.0979. The third-order valence-electron chi connectivity index (χ3n) is 4.41. The molecule has 1 saturated heterocycles. The molecule has 2 aromatic rings. The minimum atomic E-state index is -0.611. The summed E-state index contributed by atoms with van der Waals surface area (Å²) < 4.78 is 10.3. The van der Waals surface area contributed by atoms with Crippen LogP contribution in [-0.4, -0.2) is 55.6 Å². The van der Waals surface area contributed by atoms with Crippen LogP contribution >= 0.6 is 0 Å². The largest absolute Gasteiger partial charge is 0.504 e. The van der Waals surface area contributed by atoms with E-state index < -0.39 is 10.8 Å². The summed E-state index contributed by atoms with van der Waals surface area (Å²) in [5, 5.41) is 25.3. The fraction of sp³-hybridized carbons (Fsp3) is 0.263. The van der Waals surface area contributed by atoms with Crippen LogP contribution in [0.2, 0.25) is 0 Å². The van der Waals surface area contributed by atoms with E-state index in [2.05, 4.69) is 10.5 Å². The van der Waals surface area contributed by atoms with Gasteiger partial charge in [-0.1, -0.05) is 6.07 Å². The molecule has 2 aromatic carbocycles. The number of benzene rings is 2. The molecule has 152 valence electrons. The maximum Gasteiger partial charge on any atom is 0.293 e. The van der Waals surface area contributed by atoms with Crippen LogP contribution in [0.25, 0.3) is 0 Å². The van der Waals surface area contributed by atoms with Gasteiger partial charge >= 0.3 is 0 Å². The number of carbonyl (C=O) groups excluding carboxylic acids is 1. The monoisotopic (exact) mass is 400 g/mol. The first-order valence-corrected chi connectivity index (χ1v) is 8.81. The molecule has 29 heavy (non-hydrogen) atoms. The van der Waals surface area contributed by atoms with Crippen LogP contribution in [0.15, 0.2) is 41.5 Å². The summed E-state index contributed by atoms with van der Waals surface area (Å²) in [6.45, 7) is 2.07. The first-order valence-electron chi connectivity index (χ1n) is 8.81. The van der Waals surface area contributed by atoms with Gasteiger partial charge in [0, 0.05) is 30.3 Å². The number of rotatable bonds is 6. The Bertz CT molecular complexity index is 940. The molecule has 1 aliphatic heterocycles. The smallest absolute Gasteiger partial charge is 0.293 e. The van der Waals surface area contributed by atoms with Gasteiger partial charge in [-0.2, -0.15) is 5.10 Å². The molecule has 1 amide bonds. The van der Waals surface area contributed by atoms with Gasteiger partial charge in [-0.25, -0.2) is 5.43 Å². The fourth-order valence-corrected chi connectivity index (χ4v) is 2.92. The summed E-state index contributed by atoms with van der Waals surface area (Å²) >= 11 is 0. The molecule has 0 atom stereocenters. The van der Waals surface area contributed by atoms with Crippen molar-refractivity contribution in [2.45, 2.75) is 0 Å². The standard InChI is InChI=1S/C19H20N4O6/c1-28-17-4-2-3-14(18(17)24)12-20-21-19(25)13-5-6-15(16(11-13)23(26)27)22-7-9-29-10-8-22/h2-6,11-12,24H,7-10H2,1H3,(H,21,25)/b20-12-. The Morgan fingerprint density at radius 1 is 1.34 bits per heavy atom. The number of hydrazone groups is 1. The number of amides is 1. The van der Waals surface area contributed by atoms with Gasteiger partial charge in [0.25, 0.3) is 11.6 Å². The first-order chi connectivity index (χ1) is 14.0. The van der Waals surface area contributed by atoms with Gasteiger partial charge in [0.15, 0.2) is 11.5 Å². The van der Waals surface area contributed by atoms with Crippen LogP contribution in [0.4, 0.5) is 11.4 Å². The maximum absolute atomic E-state index is 12.3. The number of carbonyl (C=O) groups is 1. The molecule has 1 aliphatic rings. The van der Waals surface area contributed by atoms with E-state index in [1.54, 1.807) is 24.3 Å². The lowest BCUT2D eigenvalue weighted by molar-refractivity contribution is -0.384. The predicted molar refractivity (Wildman–Crippen MR) is 106 cm³/mol. The average Bonchev–Trinajstić information content (AvgIpc) is 2.75. The van der Waals surface area contributed by atoms with Crippen molar-refractivity contribution < 1.29 is 24.3 Å². The Balaban J connectivity index is 1.75. The van der Waals surface area contributed by atoms with Gasteiger partial charge in [-0.3, -0.25) is 14.9 Å². The van der Waals surface area contributed by atoms with Crippen molar-refractivity contribution in [2.24, 2.45) is 5.10 Å². The van der Waals surface area contributed by atoms with E-state index in [4.69, 9.17) is 9.47 Å². The number of nitrogens with one attached hydrogen (secondary N) is 1. The Morgan fingerprint density at radius 3 is 2.79 bits per heavy atom. The number of para-hydroxylation sites is 1. The summed E-state index contributed by atoms with van der Waals surface area (Å²) in [6.07, 6.45) is 1.26. The Hall–Kier alpha value is -3.66. The van der Waals surface area contributed by atoms with Crippen molar-refractivity contribution in [1.29, 1.82) is 0 Å². The van der Waals surface area contributed by atoms with E-state index in [9.17, 15) is 20.0 Å². The molecule has 3 rings (SSSR count). The highest BCUT2D eigenvalue weighted by Gasteiger charge is 2.23. The number of nitro benzene ring substituents is 1. The second-order valence-corrected chi connectivity index (χ2v) is 6.16. The maximum atomic E-state index is 12.3. The van der Waals surface area contributed by atoms with Gasteiger partial charge in [-0.05, 0) is 24.3 Å². The summed E-state index contributed by atoms with van der Waals surface area (Å²) in [4.78, 5) is 25.2. The number of ether oxygens (including phenoxy) is 2. The van der Waals surface area contributed by atoms with Crippen LogP contribution in [-0.2, 0) is 4.74 Å². The van der Waals surface area contributed by atoms with Crippen LogP contribution in [0.3, 0.4) is 0 Å². The summed E-state index contributed by atoms with van der Waals surface area (Å²) in [7, 11) is 1.42. The number of phenolic OH excluding ortho intramolecular Hbond substituents is 1. The molecule has 0 unspecified atom stereocenters. The van der Waals surface area contributed by atoms with Crippen LogP contribution < -0.4 is 15.1 Å². The van der Waals surface area contributed by atoms with Gasteiger partial charge in [0.05, 0.1) is 31.5 Å². The molecule has 10 nitrogen and oxygen atoms in total. The molecule has 0 aliphatic carbocycles. The minimum Gasteiger partial charge on any atom is -0.504 e. The van der Waals surface area contributed by atoms with Gasteiger partial charge < -0.3 is 19.5 Å². The van der Waals surface area contributed by atoms with E-state index in [0.29, 0.717) is 37.6 Å². The molecule has 1 fully saturated rings. The quantitative estimate of drug-likeness (QED) is 0.431. The van der Waals surface area contributed by atoms with Gasteiger partial charge in [0.1, 0.15) is 5.69 Å². The fourth-order valence-electron chi connectivity index (χ4n) is 2.92.